The van der Waals surface area contributed by atoms with Crippen LogP contribution < -0.4 is 0 Å². The van der Waals surface area contributed by atoms with E-state index in [0.717, 1.165) is 33.9 Å². The highest BCUT2D eigenvalue weighted by Crippen LogP contribution is 2.31. The van der Waals surface area contributed by atoms with Crippen LogP contribution in [0.4, 0.5) is 0 Å². The fourth-order valence-corrected chi connectivity index (χ4v) is 4.64. The molecule has 0 amide bonds. The molecule has 0 bridgehead atoms. The summed E-state index contributed by atoms with van der Waals surface area (Å²) in [7, 11) is 0. The van der Waals surface area contributed by atoms with E-state index in [-0.39, 0.29) is 0 Å². The first-order chi connectivity index (χ1) is 18.6. The standard InChI is InChI=1S/C36H28N2/c1-25-11-15-27(16-12-25)28-19-21-31(22-20-28)36-37-34(30-7-4-3-5-8-30)24-35(38-36)33-10-6-9-32(23-33)29-17-13-26(2)14-18-29/h3-24H,1-2H3. The van der Waals surface area contributed by atoms with E-state index >= 15 is 0 Å². The predicted octanol–water partition coefficient (Wildman–Crippen LogP) is 9.43. The molecule has 2 heteroatoms. The Kier molecular flexibility index (Phi) is 6.37. The molecule has 6 aromatic rings. The lowest BCUT2D eigenvalue weighted by Gasteiger charge is -2.11. The molecule has 0 saturated heterocycles. The van der Waals surface area contributed by atoms with Crippen molar-refractivity contribution in [3.63, 3.8) is 0 Å². The number of hydrogen-bond acceptors (Lipinski definition) is 2. The van der Waals surface area contributed by atoms with E-state index in [1.54, 1.807) is 0 Å². The number of aromatic nitrogens is 2. The van der Waals surface area contributed by atoms with E-state index in [0.29, 0.717) is 0 Å². The topological polar surface area (TPSA) is 25.8 Å². The molecule has 0 N–H and O–H groups in total. The van der Waals surface area contributed by atoms with Crippen molar-refractivity contribution >= 4 is 0 Å². The third kappa shape index (κ3) is 5.02. The molecule has 182 valence electrons. The van der Waals surface area contributed by atoms with Crippen molar-refractivity contribution in [2.45, 2.75) is 13.8 Å². The molecule has 0 fully saturated rings. The average molecular weight is 489 g/mol. The van der Waals surface area contributed by atoms with Crippen LogP contribution in [0.15, 0.2) is 133 Å². The Labute approximate surface area is 224 Å². The van der Waals surface area contributed by atoms with Gasteiger partial charge in [0.1, 0.15) is 0 Å². The van der Waals surface area contributed by atoms with Crippen LogP contribution in [-0.2, 0) is 0 Å². The van der Waals surface area contributed by atoms with E-state index in [1.807, 2.05) is 18.2 Å². The summed E-state index contributed by atoms with van der Waals surface area (Å²) in [5.41, 5.74) is 12.2. The second kappa shape index (κ2) is 10.3. The maximum Gasteiger partial charge on any atom is 0.160 e. The molecule has 2 nitrogen and oxygen atoms in total. The number of rotatable bonds is 5. The zero-order valence-corrected chi connectivity index (χ0v) is 21.6. The monoisotopic (exact) mass is 488 g/mol. The maximum atomic E-state index is 5.05. The quantitative estimate of drug-likeness (QED) is 0.241. The average Bonchev–Trinajstić information content (AvgIpc) is 2.98. The number of aryl methyl sites for hydroxylation is 2. The molecule has 1 heterocycles. The van der Waals surface area contributed by atoms with Gasteiger partial charge in [0.05, 0.1) is 11.4 Å². The Morgan fingerprint density at radius 1 is 0.342 bits per heavy atom. The van der Waals surface area contributed by atoms with Crippen LogP contribution in [0.25, 0.3) is 56.2 Å². The minimum atomic E-state index is 0.720. The third-order valence-corrected chi connectivity index (χ3v) is 6.87. The summed E-state index contributed by atoms with van der Waals surface area (Å²) in [6, 6.07) is 46.8. The lowest BCUT2D eigenvalue weighted by molar-refractivity contribution is 1.18. The van der Waals surface area contributed by atoms with Crippen LogP contribution in [0.3, 0.4) is 0 Å². The fourth-order valence-electron chi connectivity index (χ4n) is 4.64. The van der Waals surface area contributed by atoms with Crippen LogP contribution in [-0.4, -0.2) is 9.97 Å². The highest BCUT2D eigenvalue weighted by atomic mass is 14.9. The second-order valence-corrected chi connectivity index (χ2v) is 9.72. The summed E-state index contributed by atoms with van der Waals surface area (Å²) >= 11 is 0. The van der Waals surface area contributed by atoms with Gasteiger partial charge in [-0.15, -0.1) is 0 Å². The lowest BCUT2D eigenvalue weighted by Crippen LogP contribution is -1.96. The number of benzene rings is 5. The Bertz CT molecular complexity index is 1680. The van der Waals surface area contributed by atoms with E-state index in [2.05, 4.69) is 129 Å². The van der Waals surface area contributed by atoms with Crippen molar-refractivity contribution in [1.82, 2.24) is 9.97 Å². The van der Waals surface area contributed by atoms with Crippen molar-refractivity contribution < 1.29 is 0 Å². The zero-order valence-electron chi connectivity index (χ0n) is 21.6. The summed E-state index contributed by atoms with van der Waals surface area (Å²) in [4.78, 5) is 10.0. The maximum absolute atomic E-state index is 5.05. The molecule has 0 atom stereocenters. The van der Waals surface area contributed by atoms with Crippen molar-refractivity contribution in [1.29, 1.82) is 0 Å². The third-order valence-electron chi connectivity index (χ3n) is 6.87. The number of nitrogens with zero attached hydrogens (tertiary/aromatic N) is 2. The van der Waals surface area contributed by atoms with Gasteiger partial charge < -0.3 is 0 Å². The number of hydrogen-bond donors (Lipinski definition) is 0. The van der Waals surface area contributed by atoms with Gasteiger partial charge in [-0.25, -0.2) is 9.97 Å². The van der Waals surface area contributed by atoms with Crippen LogP contribution in [0, 0.1) is 13.8 Å². The highest BCUT2D eigenvalue weighted by Gasteiger charge is 2.12. The minimum Gasteiger partial charge on any atom is -0.228 e. The van der Waals surface area contributed by atoms with Gasteiger partial charge in [-0.05, 0) is 48.2 Å². The van der Waals surface area contributed by atoms with Gasteiger partial charge in [-0.1, -0.05) is 132 Å². The van der Waals surface area contributed by atoms with Gasteiger partial charge in [0.15, 0.2) is 5.82 Å². The van der Waals surface area contributed by atoms with Crippen LogP contribution >= 0.6 is 0 Å². The first kappa shape index (κ1) is 23.6. The predicted molar refractivity (Wildman–Crippen MR) is 159 cm³/mol. The summed E-state index contributed by atoms with van der Waals surface area (Å²) in [5, 5.41) is 0. The Morgan fingerprint density at radius 3 is 1.39 bits per heavy atom. The first-order valence-electron chi connectivity index (χ1n) is 12.9. The molecule has 1 aromatic heterocycles. The Morgan fingerprint density at radius 2 is 0.789 bits per heavy atom. The van der Waals surface area contributed by atoms with Gasteiger partial charge in [0.25, 0.3) is 0 Å². The molecular formula is C36H28N2. The van der Waals surface area contributed by atoms with E-state index in [9.17, 15) is 0 Å². The largest absolute Gasteiger partial charge is 0.228 e. The van der Waals surface area contributed by atoms with Crippen molar-refractivity contribution in [2.24, 2.45) is 0 Å². The summed E-state index contributed by atoms with van der Waals surface area (Å²) in [6.45, 7) is 4.22. The molecule has 0 saturated carbocycles. The fraction of sp³-hybridized carbons (Fsp3) is 0.0556. The smallest absolute Gasteiger partial charge is 0.160 e. The van der Waals surface area contributed by atoms with Gasteiger partial charge in [0.2, 0.25) is 0 Å². The molecule has 0 spiro atoms. The highest BCUT2D eigenvalue weighted by molar-refractivity contribution is 5.76. The lowest BCUT2D eigenvalue weighted by atomic mass is 9.99. The Balaban J connectivity index is 1.43. The van der Waals surface area contributed by atoms with Gasteiger partial charge in [-0.3, -0.25) is 0 Å². The molecule has 0 aliphatic rings. The minimum absolute atomic E-state index is 0.720. The molecule has 38 heavy (non-hydrogen) atoms. The molecule has 0 unspecified atom stereocenters. The van der Waals surface area contributed by atoms with Crippen molar-refractivity contribution in [3.05, 3.63) is 145 Å². The second-order valence-electron chi connectivity index (χ2n) is 9.72. The molecule has 0 aliphatic heterocycles. The van der Waals surface area contributed by atoms with Crippen LogP contribution in [0.2, 0.25) is 0 Å². The van der Waals surface area contributed by atoms with Crippen LogP contribution in [0.5, 0.6) is 0 Å². The van der Waals surface area contributed by atoms with Crippen molar-refractivity contribution in [3.8, 4) is 56.2 Å². The zero-order chi connectivity index (χ0) is 25.9. The molecule has 0 aliphatic carbocycles. The van der Waals surface area contributed by atoms with Gasteiger partial charge in [-0.2, -0.15) is 0 Å². The summed E-state index contributed by atoms with van der Waals surface area (Å²) in [6.07, 6.45) is 0. The molecule has 6 rings (SSSR count). The molecular weight excluding hydrogens is 460 g/mol. The molecule has 5 aromatic carbocycles. The van der Waals surface area contributed by atoms with Gasteiger partial charge in [0, 0.05) is 16.7 Å². The molecule has 0 radical (unpaired) electrons. The SMILES string of the molecule is Cc1ccc(-c2ccc(-c3nc(-c4ccccc4)cc(-c4cccc(-c5ccc(C)cc5)c4)n3)cc2)cc1. The van der Waals surface area contributed by atoms with E-state index in [4.69, 9.17) is 9.97 Å². The first-order valence-corrected chi connectivity index (χ1v) is 12.9. The Hall–Kier alpha value is -4.82. The van der Waals surface area contributed by atoms with E-state index < -0.39 is 0 Å². The van der Waals surface area contributed by atoms with Crippen LogP contribution in [0.1, 0.15) is 11.1 Å². The van der Waals surface area contributed by atoms with Gasteiger partial charge >= 0.3 is 0 Å². The normalized spacial score (nSPS) is 10.9. The van der Waals surface area contributed by atoms with E-state index in [1.165, 1.54) is 33.4 Å². The summed E-state index contributed by atoms with van der Waals surface area (Å²) < 4.78 is 0. The summed E-state index contributed by atoms with van der Waals surface area (Å²) in [5.74, 6) is 0.720. The van der Waals surface area contributed by atoms with Crippen molar-refractivity contribution in [2.75, 3.05) is 0 Å².